The highest BCUT2D eigenvalue weighted by molar-refractivity contribution is 5.96. The largest absolute Gasteiger partial charge is 0.497 e. The topological polar surface area (TPSA) is 104 Å². The van der Waals surface area contributed by atoms with Gasteiger partial charge in [0.2, 0.25) is 0 Å². The van der Waals surface area contributed by atoms with Crippen molar-refractivity contribution in [3.8, 4) is 5.75 Å². The molecule has 0 aliphatic heterocycles. The predicted molar refractivity (Wildman–Crippen MR) is 72.5 cm³/mol. The lowest BCUT2D eigenvalue weighted by molar-refractivity contribution is -0.385. The minimum atomic E-state index is -0.725. The molecular weight excluding hydrogens is 278 g/mol. The number of Topliss-reactive ketones (excluding diaryl/α,β-unsaturated/α-hetero) is 1. The Bertz CT molecular complexity index is 753. The number of hydrogen-bond donors (Lipinski definition) is 0. The number of benzene rings is 1. The first kappa shape index (κ1) is 14.4. The van der Waals surface area contributed by atoms with Crippen molar-refractivity contribution in [3.63, 3.8) is 0 Å². The van der Waals surface area contributed by atoms with Gasteiger partial charge in [0.25, 0.3) is 0 Å². The van der Waals surface area contributed by atoms with Crippen LogP contribution in [0.2, 0.25) is 0 Å². The molecule has 0 saturated carbocycles. The smallest absolute Gasteiger partial charge is 0.348 e. The van der Waals surface area contributed by atoms with Crippen molar-refractivity contribution in [2.45, 2.75) is 6.54 Å². The molecule has 0 N–H and O–H groups in total. The molecule has 0 fully saturated rings. The third-order valence-electron chi connectivity index (χ3n) is 2.76. The lowest BCUT2D eigenvalue weighted by Crippen LogP contribution is -2.26. The molecule has 0 bridgehead atoms. The van der Waals surface area contributed by atoms with Crippen LogP contribution >= 0.6 is 0 Å². The molecule has 2 aromatic rings. The quantitative estimate of drug-likeness (QED) is 0.462. The van der Waals surface area contributed by atoms with Gasteiger partial charge in [0.05, 0.1) is 24.8 Å². The van der Waals surface area contributed by atoms with Gasteiger partial charge in [-0.15, -0.1) is 0 Å². The van der Waals surface area contributed by atoms with Crippen LogP contribution in [0, 0.1) is 10.1 Å². The maximum atomic E-state index is 12.1. The van der Waals surface area contributed by atoms with Gasteiger partial charge in [0.1, 0.15) is 11.9 Å². The molecule has 0 atom stereocenters. The summed E-state index contributed by atoms with van der Waals surface area (Å²) in [6.45, 7) is -0.333. The van der Waals surface area contributed by atoms with Gasteiger partial charge < -0.3 is 4.74 Å². The Hall–Kier alpha value is -3.03. The second-order valence-electron chi connectivity index (χ2n) is 4.13. The van der Waals surface area contributed by atoms with Crippen molar-refractivity contribution >= 4 is 11.5 Å². The number of hydrogen-bond acceptors (Lipinski definition) is 6. The molecule has 0 aliphatic rings. The minimum absolute atomic E-state index is 0.333. The molecular formula is C13H11N3O5. The van der Waals surface area contributed by atoms with Crippen LogP contribution in [0.4, 0.5) is 5.69 Å². The fraction of sp³-hybridized carbons (Fsp3) is 0.154. The van der Waals surface area contributed by atoms with Crippen LogP contribution in [-0.4, -0.2) is 27.4 Å². The second-order valence-corrected chi connectivity index (χ2v) is 4.13. The van der Waals surface area contributed by atoms with Gasteiger partial charge in [0, 0.05) is 5.56 Å². The van der Waals surface area contributed by atoms with E-state index in [0.717, 1.165) is 17.0 Å². The lowest BCUT2D eigenvalue weighted by atomic mass is 10.1. The number of rotatable bonds is 5. The molecule has 0 aliphatic carbocycles. The summed E-state index contributed by atoms with van der Waals surface area (Å²) in [7, 11) is 1.47. The fourth-order valence-electron chi connectivity index (χ4n) is 1.69. The van der Waals surface area contributed by atoms with Crippen LogP contribution in [0.1, 0.15) is 10.4 Å². The maximum absolute atomic E-state index is 12.1. The number of nitro groups is 1. The Labute approximate surface area is 118 Å². The Morgan fingerprint density at radius 2 is 2.24 bits per heavy atom. The molecule has 21 heavy (non-hydrogen) atoms. The Morgan fingerprint density at radius 3 is 2.90 bits per heavy atom. The van der Waals surface area contributed by atoms with Crippen LogP contribution < -0.4 is 10.4 Å². The zero-order chi connectivity index (χ0) is 15.4. The number of ether oxygens (including phenoxy) is 1. The van der Waals surface area contributed by atoms with Gasteiger partial charge in [0.15, 0.2) is 5.78 Å². The highest BCUT2D eigenvalue weighted by Gasteiger charge is 2.13. The summed E-state index contributed by atoms with van der Waals surface area (Å²) >= 11 is 0. The zero-order valence-corrected chi connectivity index (χ0v) is 11.1. The van der Waals surface area contributed by atoms with E-state index < -0.39 is 10.6 Å². The van der Waals surface area contributed by atoms with E-state index in [1.807, 2.05) is 0 Å². The summed E-state index contributed by atoms with van der Waals surface area (Å²) < 4.78 is 5.91. The number of carbonyl (C=O) groups is 1. The van der Waals surface area contributed by atoms with Crippen molar-refractivity contribution in [3.05, 3.63) is 62.8 Å². The summed E-state index contributed by atoms with van der Waals surface area (Å²) in [4.78, 5) is 37.0. The van der Waals surface area contributed by atoms with Gasteiger partial charge in [-0.3, -0.25) is 19.5 Å². The number of methoxy groups -OCH3 is 1. The molecule has 8 heteroatoms. The standard InChI is InChI=1S/C13H11N3O5/c1-21-11-4-2-3-9(5-11)12(17)8-15-7-10(16(19)20)6-14-13(15)18/h2-7H,8H2,1H3. The minimum Gasteiger partial charge on any atom is -0.497 e. The number of aromatic nitrogens is 2. The van der Waals surface area contributed by atoms with Crippen molar-refractivity contribution in [1.29, 1.82) is 0 Å². The molecule has 0 spiro atoms. The third kappa shape index (κ3) is 3.30. The van der Waals surface area contributed by atoms with E-state index in [0.29, 0.717) is 11.3 Å². The van der Waals surface area contributed by atoms with Crippen LogP contribution in [-0.2, 0) is 6.54 Å². The summed E-state index contributed by atoms with van der Waals surface area (Å²) in [5, 5.41) is 10.7. The highest BCUT2D eigenvalue weighted by atomic mass is 16.6. The van der Waals surface area contributed by atoms with E-state index in [1.165, 1.54) is 13.2 Å². The molecule has 0 unspecified atom stereocenters. The molecule has 108 valence electrons. The Balaban J connectivity index is 2.28. The second kappa shape index (κ2) is 5.95. The van der Waals surface area contributed by atoms with Crippen LogP contribution in [0.3, 0.4) is 0 Å². The van der Waals surface area contributed by atoms with E-state index in [-0.39, 0.29) is 18.0 Å². The SMILES string of the molecule is COc1cccc(C(=O)Cn2cc([N+](=O)[O-])cnc2=O)c1. The Morgan fingerprint density at radius 1 is 1.48 bits per heavy atom. The van der Waals surface area contributed by atoms with Gasteiger partial charge in [-0.25, -0.2) is 4.79 Å². The van der Waals surface area contributed by atoms with Gasteiger partial charge in [-0.05, 0) is 12.1 Å². The van der Waals surface area contributed by atoms with Crippen molar-refractivity contribution in [2.24, 2.45) is 0 Å². The van der Waals surface area contributed by atoms with Gasteiger partial charge in [-0.2, -0.15) is 4.98 Å². The number of carbonyl (C=O) groups excluding carboxylic acids is 1. The molecule has 1 aromatic carbocycles. The summed E-state index contributed by atoms with van der Waals surface area (Å²) in [5.41, 5.74) is -0.738. The van der Waals surface area contributed by atoms with Crippen molar-refractivity contribution in [1.82, 2.24) is 9.55 Å². The molecule has 8 nitrogen and oxygen atoms in total. The fourth-order valence-corrected chi connectivity index (χ4v) is 1.69. The molecule has 0 radical (unpaired) electrons. The zero-order valence-electron chi connectivity index (χ0n) is 11.1. The van der Waals surface area contributed by atoms with E-state index in [1.54, 1.807) is 18.2 Å². The molecule has 0 saturated heterocycles. The Kier molecular flexibility index (Phi) is 4.07. The molecule has 1 heterocycles. The van der Waals surface area contributed by atoms with Crippen LogP contribution in [0.25, 0.3) is 0 Å². The number of nitrogens with zero attached hydrogens (tertiary/aromatic N) is 3. The highest BCUT2D eigenvalue weighted by Crippen LogP contribution is 2.13. The average molecular weight is 289 g/mol. The first-order valence-electron chi connectivity index (χ1n) is 5.89. The first-order chi connectivity index (χ1) is 10.0. The maximum Gasteiger partial charge on any atom is 0.348 e. The summed E-state index contributed by atoms with van der Waals surface area (Å²) in [6.07, 6.45) is 1.85. The molecule has 2 rings (SSSR count). The average Bonchev–Trinajstić information content (AvgIpc) is 2.49. The molecule has 1 aromatic heterocycles. The van der Waals surface area contributed by atoms with Crippen LogP contribution in [0.5, 0.6) is 5.75 Å². The van der Waals surface area contributed by atoms with E-state index in [9.17, 15) is 19.7 Å². The van der Waals surface area contributed by atoms with Crippen LogP contribution in [0.15, 0.2) is 41.5 Å². The lowest BCUT2D eigenvalue weighted by Gasteiger charge is -2.05. The van der Waals surface area contributed by atoms with E-state index in [2.05, 4.69) is 4.98 Å². The van der Waals surface area contributed by atoms with Crippen molar-refractivity contribution in [2.75, 3.05) is 7.11 Å². The summed E-state index contributed by atoms with van der Waals surface area (Å²) in [6, 6.07) is 6.41. The monoisotopic (exact) mass is 289 g/mol. The number of ketones is 1. The summed E-state index contributed by atoms with van der Waals surface area (Å²) in [5.74, 6) is 0.128. The predicted octanol–water partition coefficient (Wildman–Crippen LogP) is 1.04. The van der Waals surface area contributed by atoms with Crippen molar-refractivity contribution < 1.29 is 14.5 Å². The van der Waals surface area contributed by atoms with Gasteiger partial charge in [-0.1, -0.05) is 12.1 Å². The normalized spacial score (nSPS) is 10.1. The van der Waals surface area contributed by atoms with E-state index in [4.69, 9.17) is 4.74 Å². The first-order valence-corrected chi connectivity index (χ1v) is 5.89. The van der Waals surface area contributed by atoms with E-state index >= 15 is 0 Å². The van der Waals surface area contributed by atoms with Gasteiger partial charge >= 0.3 is 11.4 Å². The third-order valence-corrected chi connectivity index (χ3v) is 2.76. The molecule has 0 amide bonds.